The first-order valence-corrected chi connectivity index (χ1v) is 11.5. The van der Waals surface area contributed by atoms with Gasteiger partial charge < -0.3 is 30.2 Å². The van der Waals surface area contributed by atoms with Crippen LogP contribution in [-0.2, 0) is 4.74 Å². The minimum absolute atomic E-state index is 0.137. The highest BCUT2D eigenvalue weighted by Crippen LogP contribution is 2.23. The lowest BCUT2D eigenvalue weighted by atomic mass is 10.1. The lowest BCUT2D eigenvalue weighted by Gasteiger charge is -2.28. The van der Waals surface area contributed by atoms with E-state index in [0.29, 0.717) is 23.9 Å². The fourth-order valence-electron chi connectivity index (χ4n) is 3.60. The second-order valence-electron chi connectivity index (χ2n) is 8.23. The van der Waals surface area contributed by atoms with Crippen LogP contribution in [0.4, 0.5) is 0 Å². The van der Waals surface area contributed by atoms with Gasteiger partial charge in [-0.05, 0) is 42.9 Å². The number of nitrogens with one attached hydrogen (secondary N) is 3. The van der Waals surface area contributed by atoms with Crippen molar-refractivity contribution < 1.29 is 14.9 Å². The maximum atomic E-state index is 10.6. The fourth-order valence-corrected chi connectivity index (χ4v) is 3.60. The number of aliphatic hydroxyl groups is 2. The molecule has 0 aliphatic carbocycles. The van der Waals surface area contributed by atoms with E-state index < -0.39 is 6.23 Å². The molecule has 0 aromatic carbocycles. The van der Waals surface area contributed by atoms with Crippen LogP contribution in [0.1, 0.15) is 51.2 Å². The van der Waals surface area contributed by atoms with Crippen molar-refractivity contribution in [3.05, 3.63) is 65.9 Å². The molecule has 180 valence electrons. The number of aromatic nitrogens is 2. The van der Waals surface area contributed by atoms with Gasteiger partial charge in [0.15, 0.2) is 12.1 Å². The predicted molar refractivity (Wildman–Crippen MR) is 129 cm³/mol. The monoisotopic (exact) mass is 456 g/mol. The van der Waals surface area contributed by atoms with Gasteiger partial charge in [-0.2, -0.15) is 0 Å². The Morgan fingerprint density at radius 1 is 1.42 bits per heavy atom. The maximum Gasteiger partial charge on any atom is 0.197 e. The zero-order valence-electron chi connectivity index (χ0n) is 19.5. The van der Waals surface area contributed by atoms with Gasteiger partial charge in [0.2, 0.25) is 0 Å². The molecule has 33 heavy (non-hydrogen) atoms. The second-order valence-corrected chi connectivity index (χ2v) is 8.23. The van der Waals surface area contributed by atoms with Gasteiger partial charge in [0.05, 0.1) is 12.9 Å². The van der Waals surface area contributed by atoms with Crippen molar-refractivity contribution in [2.75, 3.05) is 26.4 Å². The third-order valence-corrected chi connectivity index (χ3v) is 5.64. The second kappa shape index (κ2) is 12.5. The minimum Gasteiger partial charge on any atom is -0.392 e. The van der Waals surface area contributed by atoms with Crippen molar-refractivity contribution in [1.29, 1.82) is 0 Å². The number of rotatable bonds is 10. The lowest BCUT2D eigenvalue weighted by Crippen LogP contribution is -2.45. The molecule has 1 saturated heterocycles. The van der Waals surface area contributed by atoms with E-state index in [9.17, 15) is 10.2 Å². The van der Waals surface area contributed by atoms with Crippen molar-refractivity contribution >= 4 is 5.96 Å². The van der Waals surface area contributed by atoms with Crippen LogP contribution >= 0.6 is 0 Å². The van der Waals surface area contributed by atoms with Crippen LogP contribution in [0.3, 0.4) is 0 Å². The summed E-state index contributed by atoms with van der Waals surface area (Å²) in [5.41, 5.74) is 2.96. The molecule has 9 nitrogen and oxygen atoms in total. The molecule has 2 atom stereocenters. The summed E-state index contributed by atoms with van der Waals surface area (Å²) < 4.78 is 7.30. The van der Waals surface area contributed by atoms with Gasteiger partial charge in [-0.1, -0.05) is 31.7 Å². The van der Waals surface area contributed by atoms with Gasteiger partial charge in [0.1, 0.15) is 11.9 Å². The Balaban J connectivity index is 1.64. The molecule has 3 heterocycles. The number of aliphatic hydroxyl groups excluding tert-OH is 2. The molecule has 3 rings (SSSR count). The Labute approximate surface area is 195 Å². The minimum atomic E-state index is -0.967. The summed E-state index contributed by atoms with van der Waals surface area (Å²) in [6.45, 7) is 9.68. The molecule has 2 aliphatic rings. The van der Waals surface area contributed by atoms with Gasteiger partial charge in [-0.3, -0.25) is 5.32 Å². The molecule has 0 saturated carbocycles. The standard InChI is InChI=1S/C24H36N6O3/c1-4-5-6-7-19(18(3)15-31)13-25-23(32)21-14-30(16-27-21)22-17(2)12-26-24(29-22)28-20-8-10-33-11-9-20/h5-7,12,14,16,20,22-23,25,31-32H,3-4,8-11,13,15H2,1-2H3,(H2,26,28,29)/b6-5-,19-7-/t22-,23-/m1/s1. The third-order valence-electron chi connectivity index (χ3n) is 5.64. The maximum absolute atomic E-state index is 10.6. The van der Waals surface area contributed by atoms with Crippen molar-refractivity contribution in [2.24, 2.45) is 4.99 Å². The van der Waals surface area contributed by atoms with Gasteiger partial charge in [0.25, 0.3) is 0 Å². The van der Waals surface area contributed by atoms with Gasteiger partial charge >= 0.3 is 0 Å². The summed E-state index contributed by atoms with van der Waals surface area (Å²) in [7, 11) is 0. The van der Waals surface area contributed by atoms with Crippen molar-refractivity contribution in [1.82, 2.24) is 25.5 Å². The number of nitrogens with zero attached hydrogens (tertiary/aromatic N) is 3. The number of allylic oxidation sites excluding steroid dienone is 3. The summed E-state index contributed by atoms with van der Waals surface area (Å²) in [4.78, 5) is 9.18. The third kappa shape index (κ3) is 7.13. The Kier molecular flexibility index (Phi) is 9.44. The van der Waals surface area contributed by atoms with Crippen molar-refractivity contribution in [2.45, 2.75) is 51.5 Å². The highest BCUT2D eigenvalue weighted by molar-refractivity contribution is 5.82. The highest BCUT2D eigenvalue weighted by Gasteiger charge is 2.22. The number of ether oxygens (including phenoxy) is 1. The fraction of sp³-hybridized carbons (Fsp3) is 0.500. The van der Waals surface area contributed by atoms with E-state index in [2.05, 4.69) is 34.4 Å². The molecule has 1 aromatic heterocycles. The van der Waals surface area contributed by atoms with Crippen LogP contribution in [0.25, 0.3) is 0 Å². The first kappa shape index (κ1) is 24.9. The number of imidazole rings is 1. The normalized spacial score (nSPS) is 20.8. The van der Waals surface area contributed by atoms with Gasteiger partial charge in [-0.15, -0.1) is 0 Å². The summed E-state index contributed by atoms with van der Waals surface area (Å²) in [5.74, 6) is 0.726. The molecule has 0 bridgehead atoms. The van der Waals surface area contributed by atoms with E-state index in [1.807, 2.05) is 35.9 Å². The Hall–Kier alpha value is -2.72. The first-order chi connectivity index (χ1) is 16.0. The average molecular weight is 457 g/mol. The van der Waals surface area contributed by atoms with Gasteiger partial charge in [0, 0.05) is 38.2 Å². The van der Waals surface area contributed by atoms with Crippen LogP contribution in [-0.4, -0.2) is 58.1 Å². The van der Waals surface area contributed by atoms with Crippen LogP contribution in [0.2, 0.25) is 0 Å². The summed E-state index contributed by atoms with van der Waals surface area (Å²) >= 11 is 0. The van der Waals surface area contributed by atoms with E-state index >= 15 is 0 Å². The van der Waals surface area contributed by atoms with Crippen molar-refractivity contribution in [3.8, 4) is 0 Å². The molecule has 0 radical (unpaired) electrons. The van der Waals surface area contributed by atoms with Crippen LogP contribution in [0.5, 0.6) is 0 Å². The van der Waals surface area contributed by atoms with E-state index in [1.165, 1.54) is 0 Å². The SMILES string of the molecule is C=C(CO)/C(=C\C=C/CC)CN[C@H](O)c1cn([C@H]2N=C(NC3CCOCC3)NC=C2C)cn1. The topological polar surface area (TPSA) is 116 Å². The smallest absolute Gasteiger partial charge is 0.197 e. The number of hydrogen-bond acceptors (Lipinski definition) is 8. The van der Waals surface area contributed by atoms with Gasteiger partial charge in [-0.25, -0.2) is 9.98 Å². The lowest BCUT2D eigenvalue weighted by molar-refractivity contribution is 0.0822. The molecule has 2 aliphatic heterocycles. The molecule has 9 heteroatoms. The first-order valence-electron chi connectivity index (χ1n) is 11.5. The van der Waals surface area contributed by atoms with Crippen LogP contribution in [0.15, 0.2) is 65.2 Å². The summed E-state index contributed by atoms with van der Waals surface area (Å²) in [5, 5.41) is 29.8. The largest absolute Gasteiger partial charge is 0.392 e. The summed E-state index contributed by atoms with van der Waals surface area (Å²) in [6, 6.07) is 0.338. The molecule has 1 aromatic rings. The quantitative estimate of drug-likeness (QED) is 0.270. The number of guanidine groups is 1. The summed E-state index contributed by atoms with van der Waals surface area (Å²) in [6.07, 6.45) is 12.9. The Morgan fingerprint density at radius 3 is 2.94 bits per heavy atom. The Bertz CT molecular complexity index is 911. The van der Waals surface area contributed by atoms with E-state index in [0.717, 1.165) is 49.6 Å². The number of aliphatic imine (C=N–C) groups is 1. The van der Waals surface area contributed by atoms with E-state index in [-0.39, 0.29) is 12.8 Å². The zero-order chi connectivity index (χ0) is 23.6. The molecule has 0 spiro atoms. The Morgan fingerprint density at radius 2 is 2.21 bits per heavy atom. The molecular weight excluding hydrogens is 420 g/mol. The zero-order valence-corrected chi connectivity index (χ0v) is 19.5. The molecule has 1 fully saturated rings. The molecule has 0 amide bonds. The molecular formula is C24H36N6O3. The van der Waals surface area contributed by atoms with Crippen LogP contribution in [0, 0.1) is 0 Å². The average Bonchev–Trinajstić information content (AvgIpc) is 3.33. The molecule has 5 N–H and O–H groups in total. The van der Waals surface area contributed by atoms with Crippen molar-refractivity contribution in [3.63, 3.8) is 0 Å². The van der Waals surface area contributed by atoms with Crippen LogP contribution < -0.4 is 16.0 Å². The molecule has 0 unspecified atom stereocenters. The predicted octanol–water partition coefficient (Wildman–Crippen LogP) is 2.03. The van der Waals surface area contributed by atoms with E-state index in [4.69, 9.17) is 9.73 Å². The number of hydrogen-bond donors (Lipinski definition) is 5. The highest BCUT2D eigenvalue weighted by atomic mass is 16.5. The van der Waals surface area contributed by atoms with E-state index in [1.54, 1.807) is 12.5 Å².